The van der Waals surface area contributed by atoms with E-state index in [1.165, 1.54) is 0 Å². The Bertz CT molecular complexity index is 231. The van der Waals surface area contributed by atoms with Crippen LogP contribution >= 0.6 is 0 Å². The molecule has 1 aliphatic heterocycles. The van der Waals surface area contributed by atoms with Crippen LogP contribution in [0.5, 0.6) is 0 Å². The van der Waals surface area contributed by atoms with Crippen LogP contribution in [0.3, 0.4) is 0 Å². The largest absolute Gasteiger partial charge is 0.481 e. The van der Waals surface area contributed by atoms with Crippen molar-refractivity contribution in [1.29, 1.82) is 0 Å². The third kappa shape index (κ3) is 3.64. The summed E-state index contributed by atoms with van der Waals surface area (Å²) in [6.45, 7) is 8.35. The van der Waals surface area contributed by atoms with E-state index in [9.17, 15) is 4.79 Å². The van der Waals surface area contributed by atoms with E-state index < -0.39 is 5.97 Å². The average Bonchev–Trinajstić information content (AvgIpc) is 2.32. The molecule has 0 bridgehead atoms. The molecule has 15 heavy (non-hydrogen) atoms. The SMILES string of the molecule is C=CCN1C(C)CCNCC1CC(=O)O. The van der Waals surface area contributed by atoms with Crippen molar-refractivity contribution in [2.75, 3.05) is 19.6 Å². The molecule has 86 valence electrons. The van der Waals surface area contributed by atoms with E-state index >= 15 is 0 Å². The second-order valence-electron chi connectivity index (χ2n) is 4.08. The Labute approximate surface area is 91.0 Å². The fraction of sp³-hybridized carbons (Fsp3) is 0.727. The van der Waals surface area contributed by atoms with E-state index in [1.54, 1.807) is 0 Å². The number of carbonyl (C=O) groups is 1. The molecule has 4 heteroatoms. The van der Waals surface area contributed by atoms with Gasteiger partial charge in [0.25, 0.3) is 0 Å². The molecule has 1 saturated heterocycles. The minimum atomic E-state index is -0.732. The number of hydrogen-bond acceptors (Lipinski definition) is 3. The van der Waals surface area contributed by atoms with Crippen molar-refractivity contribution < 1.29 is 9.90 Å². The van der Waals surface area contributed by atoms with Gasteiger partial charge in [0.15, 0.2) is 0 Å². The van der Waals surface area contributed by atoms with Gasteiger partial charge >= 0.3 is 5.97 Å². The van der Waals surface area contributed by atoms with Crippen LogP contribution in [0.2, 0.25) is 0 Å². The number of nitrogens with one attached hydrogen (secondary N) is 1. The minimum absolute atomic E-state index is 0.0815. The maximum absolute atomic E-state index is 10.8. The summed E-state index contributed by atoms with van der Waals surface area (Å²) in [5.74, 6) is -0.732. The molecule has 4 nitrogen and oxygen atoms in total. The lowest BCUT2D eigenvalue weighted by Crippen LogP contribution is -2.44. The van der Waals surface area contributed by atoms with Gasteiger partial charge in [-0.25, -0.2) is 0 Å². The molecule has 2 atom stereocenters. The second-order valence-corrected chi connectivity index (χ2v) is 4.08. The molecule has 1 rings (SSSR count). The van der Waals surface area contributed by atoms with E-state index in [4.69, 9.17) is 5.11 Å². The molecule has 1 heterocycles. The first-order chi connectivity index (χ1) is 7.15. The third-order valence-corrected chi connectivity index (χ3v) is 2.90. The highest BCUT2D eigenvalue weighted by atomic mass is 16.4. The van der Waals surface area contributed by atoms with E-state index in [-0.39, 0.29) is 12.5 Å². The van der Waals surface area contributed by atoms with Gasteiger partial charge in [-0.05, 0) is 19.9 Å². The van der Waals surface area contributed by atoms with Crippen molar-refractivity contribution >= 4 is 5.97 Å². The van der Waals surface area contributed by atoms with Crippen molar-refractivity contribution in [2.24, 2.45) is 0 Å². The lowest BCUT2D eigenvalue weighted by molar-refractivity contribution is -0.138. The van der Waals surface area contributed by atoms with E-state index in [0.717, 1.165) is 26.1 Å². The summed E-state index contributed by atoms with van der Waals surface area (Å²) in [7, 11) is 0. The summed E-state index contributed by atoms with van der Waals surface area (Å²) in [4.78, 5) is 13.0. The van der Waals surface area contributed by atoms with Crippen LogP contribution < -0.4 is 5.32 Å². The minimum Gasteiger partial charge on any atom is -0.481 e. The van der Waals surface area contributed by atoms with Gasteiger partial charge in [-0.3, -0.25) is 9.69 Å². The Morgan fingerprint density at radius 1 is 1.73 bits per heavy atom. The predicted molar refractivity (Wildman–Crippen MR) is 59.9 cm³/mol. The van der Waals surface area contributed by atoms with Crippen molar-refractivity contribution in [1.82, 2.24) is 10.2 Å². The van der Waals surface area contributed by atoms with Gasteiger partial charge in [-0.2, -0.15) is 0 Å². The highest BCUT2D eigenvalue weighted by Gasteiger charge is 2.26. The summed E-state index contributed by atoms with van der Waals surface area (Å²) in [5.41, 5.74) is 0. The number of nitrogens with zero attached hydrogens (tertiary/aromatic N) is 1. The first kappa shape index (κ1) is 12.2. The van der Waals surface area contributed by atoms with Crippen LogP contribution in [0.25, 0.3) is 0 Å². The molecule has 0 saturated carbocycles. The van der Waals surface area contributed by atoms with Crippen LogP contribution in [-0.4, -0.2) is 47.7 Å². The van der Waals surface area contributed by atoms with Crippen LogP contribution in [0.1, 0.15) is 19.8 Å². The Balaban J connectivity index is 2.67. The summed E-state index contributed by atoms with van der Waals surface area (Å²) >= 11 is 0. The number of carboxylic acid groups (broad SMARTS) is 1. The molecular formula is C11H20N2O2. The summed E-state index contributed by atoms with van der Waals surface area (Å²) in [6.07, 6.45) is 3.10. The zero-order valence-electron chi connectivity index (χ0n) is 9.28. The first-order valence-electron chi connectivity index (χ1n) is 5.44. The molecular weight excluding hydrogens is 192 g/mol. The normalized spacial score (nSPS) is 28.3. The highest BCUT2D eigenvalue weighted by Crippen LogP contribution is 2.14. The van der Waals surface area contributed by atoms with Gasteiger partial charge in [0, 0.05) is 25.2 Å². The van der Waals surface area contributed by atoms with Crippen LogP contribution in [0.15, 0.2) is 12.7 Å². The molecule has 2 N–H and O–H groups in total. The van der Waals surface area contributed by atoms with E-state index in [2.05, 4.69) is 23.7 Å². The highest BCUT2D eigenvalue weighted by molar-refractivity contribution is 5.67. The fourth-order valence-electron chi connectivity index (χ4n) is 2.09. The second kappa shape index (κ2) is 5.88. The zero-order valence-corrected chi connectivity index (χ0v) is 9.28. The molecule has 1 aliphatic rings. The molecule has 1 fully saturated rings. The van der Waals surface area contributed by atoms with Crippen LogP contribution in [-0.2, 0) is 4.79 Å². The van der Waals surface area contributed by atoms with Crippen molar-refractivity contribution in [3.63, 3.8) is 0 Å². The Morgan fingerprint density at radius 2 is 2.47 bits per heavy atom. The average molecular weight is 212 g/mol. The monoisotopic (exact) mass is 212 g/mol. The molecule has 2 unspecified atom stereocenters. The van der Waals surface area contributed by atoms with Crippen molar-refractivity contribution in [2.45, 2.75) is 31.8 Å². The number of hydrogen-bond donors (Lipinski definition) is 2. The standard InChI is InChI=1S/C11H20N2O2/c1-3-6-13-9(2)4-5-12-8-10(13)7-11(14)15/h3,9-10,12H,1,4-8H2,2H3,(H,14,15). The van der Waals surface area contributed by atoms with Gasteiger partial charge in [-0.15, -0.1) is 6.58 Å². The molecule has 0 amide bonds. The maximum atomic E-state index is 10.8. The number of rotatable bonds is 4. The molecule has 0 aromatic rings. The predicted octanol–water partition coefficient (Wildman–Crippen LogP) is 0.699. The molecule has 0 aromatic carbocycles. The summed E-state index contributed by atoms with van der Waals surface area (Å²) in [6, 6.07) is 0.500. The Hall–Kier alpha value is -0.870. The number of aliphatic carboxylic acids is 1. The molecule has 0 aliphatic carbocycles. The van der Waals surface area contributed by atoms with E-state index in [1.807, 2.05) is 6.08 Å². The quantitative estimate of drug-likeness (QED) is 0.674. The molecule has 0 spiro atoms. The fourth-order valence-corrected chi connectivity index (χ4v) is 2.09. The first-order valence-corrected chi connectivity index (χ1v) is 5.44. The van der Waals surface area contributed by atoms with Crippen LogP contribution in [0, 0.1) is 0 Å². The molecule has 0 aromatic heterocycles. The maximum Gasteiger partial charge on any atom is 0.304 e. The van der Waals surface area contributed by atoms with Gasteiger partial charge in [-0.1, -0.05) is 6.08 Å². The lowest BCUT2D eigenvalue weighted by Gasteiger charge is -2.32. The molecule has 0 radical (unpaired) electrons. The van der Waals surface area contributed by atoms with Gasteiger partial charge < -0.3 is 10.4 Å². The van der Waals surface area contributed by atoms with Crippen molar-refractivity contribution in [3.8, 4) is 0 Å². The van der Waals surface area contributed by atoms with Gasteiger partial charge in [0.05, 0.1) is 6.42 Å². The van der Waals surface area contributed by atoms with Gasteiger partial charge in [0.2, 0.25) is 0 Å². The lowest BCUT2D eigenvalue weighted by atomic mass is 10.1. The Morgan fingerprint density at radius 3 is 3.07 bits per heavy atom. The summed E-state index contributed by atoms with van der Waals surface area (Å²) in [5, 5.41) is 12.1. The van der Waals surface area contributed by atoms with Crippen molar-refractivity contribution in [3.05, 3.63) is 12.7 Å². The topological polar surface area (TPSA) is 52.6 Å². The number of carboxylic acids is 1. The third-order valence-electron chi connectivity index (χ3n) is 2.90. The summed E-state index contributed by atoms with van der Waals surface area (Å²) < 4.78 is 0. The van der Waals surface area contributed by atoms with Gasteiger partial charge in [0.1, 0.15) is 0 Å². The van der Waals surface area contributed by atoms with E-state index in [0.29, 0.717) is 6.04 Å². The smallest absolute Gasteiger partial charge is 0.304 e. The zero-order chi connectivity index (χ0) is 11.3. The van der Waals surface area contributed by atoms with Crippen LogP contribution in [0.4, 0.5) is 0 Å². The Kier molecular flexibility index (Phi) is 4.78.